The van der Waals surface area contributed by atoms with E-state index in [4.69, 9.17) is 0 Å². The maximum atomic E-state index is 13.5. The molecule has 4 aliphatic heterocycles. The van der Waals surface area contributed by atoms with Crippen molar-refractivity contribution >= 4 is 53.2 Å². The minimum atomic E-state index is -1.03. The minimum absolute atomic E-state index is 0.0557. The minimum Gasteiger partial charge on any atom is -0.384 e. The van der Waals surface area contributed by atoms with E-state index < -0.39 is 29.7 Å². The largest absolute Gasteiger partial charge is 0.384 e. The molecule has 15 heteroatoms. The fourth-order valence-corrected chi connectivity index (χ4v) is 8.03. The average Bonchev–Trinajstić information content (AvgIpc) is 3.85. The number of hydrogen-bond donors (Lipinski definition) is 3. The van der Waals surface area contributed by atoms with Gasteiger partial charge in [-0.05, 0) is 61.9 Å². The molecular formula is C43H43N9O6. The zero-order valence-electron chi connectivity index (χ0n) is 31.8. The van der Waals surface area contributed by atoms with Crippen molar-refractivity contribution in [3.8, 4) is 11.3 Å². The second-order valence-electron chi connectivity index (χ2n) is 14.8. The molecule has 3 aromatic carbocycles. The Bertz CT molecular complexity index is 2270. The molecule has 0 radical (unpaired) electrons. The number of nitrogens with one attached hydrogen (secondary N) is 3. The van der Waals surface area contributed by atoms with Crippen LogP contribution in [0.1, 0.15) is 87.6 Å². The van der Waals surface area contributed by atoms with Gasteiger partial charge in [-0.1, -0.05) is 48.5 Å². The van der Waals surface area contributed by atoms with Crippen molar-refractivity contribution in [1.82, 2.24) is 30.5 Å². The molecule has 0 spiro atoms. The average molecular weight is 782 g/mol. The Morgan fingerprint density at radius 2 is 1.59 bits per heavy atom. The summed E-state index contributed by atoms with van der Waals surface area (Å²) < 4.78 is 0. The monoisotopic (exact) mass is 781 g/mol. The van der Waals surface area contributed by atoms with Crippen LogP contribution in [0.4, 0.5) is 11.5 Å². The molecule has 5 heterocycles. The number of hydrazone groups is 1. The Balaban J connectivity index is 0.784. The molecular weight excluding hydrogens is 739 g/mol. The van der Waals surface area contributed by atoms with Gasteiger partial charge in [0.1, 0.15) is 18.2 Å². The molecule has 2 unspecified atom stereocenters. The Labute approximate surface area is 334 Å². The molecule has 2 saturated heterocycles. The fraction of sp³-hybridized carbons (Fsp3) is 0.326. The number of carbonyl (C=O) groups excluding carboxylic acids is 6. The third-order valence-electron chi connectivity index (χ3n) is 11.2. The SMILES string of the molecule is O=C1CCC(N2C(=O)c3cccc(NCCCCNC(=O)c4ccc(-c5cc(N6CCC(C(=O)N7N=CCC7c7ccccc7)CC6)ncn5)cc4)c3C2=O)C(=O)N1. The van der Waals surface area contributed by atoms with Crippen LogP contribution in [0.2, 0.25) is 0 Å². The first-order chi connectivity index (χ1) is 28.3. The summed E-state index contributed by atoms with van der Waals surface area (Å²) in [6.45, 7) is 2.30. The molecule has 1 aromatic heterocycles. The third kappa shape index (κ3) is 7.79. The van der Waals surface area contributed by atoms with Gasteiger partial charge in [-0.15, -0.1) is 0 Å². The fourth-order valence-electron chi connectivity index (χ4n) is 8.03. The molecule has 3 N–H and O–H groups in total. The highest BCUT2D eigenvalue weighted by atomic mass is 16.2. The smallest absolute Gasteiger partial charge is 0.264 e. The predicted octanol–water partition coefficient (Wildman–Crippen LogP) is 4.34. The van der Waals surface area contributed by atoms with E-state index in [0.717, 1.165) is 34.0 Å². The molecule has 0 aliphatic carbocycles. The molecule has 15 nitrogen and oxygen atoms in total. The molecule has 0 saturated carbocycles. The summed E-state index contributed by atoms with van der Waals surface area (Å²) in [7, 11) is 0. The van der Waals surface area contributed by atoms with Gasteiger partial charge in [-0.2, -0.15) is 5.10 Å². The van der Waals surface area contributed by atoms with Crippen LogP contribution in [0.3, 0.4) is 0 Å². The molecule has 296 valence electrons. The number of carbonyl (C=O) groups is 6. The van der Waals surface area contributed by atoms with Crippen molar-refractivity contribution < 1.29 is 28.8 Å². The van der Waals surface area contributed by atoms with Gasteiger partial charge in [-0.25, -0.2) is 15.0 Å². The van der Waals surface area contributed by atoms with Crippen molar-refractivity contribution in [2.75, 3.05) is 36.4 Å². The Kier molecular flexibility index (Phi) is 11.0. The highest BCUT2D eigenvalue weighted by molar-refractivity contribution is 6.25. The lowest BCUT2D eigenvalue weighted by atomic mass is 9.94. The molecule has 58 heavy (non-hydrogen) atoms. The molecule has 0 bridgehead atoms. The van der Waals surface area contributed by atoms with E-state index in [9.17, 15) is 28.8 Å². The summed E-state index contributed by atoms with van der Waals surface area (Å²) in [5, 5.41) is 14.5. The second kappa shape index (κ2) is 16.8. The summed E-state index contributed by atoms with van der Waals surface area (Å²) in [5.74, 6) is -1.63. The zero-order valence-corrected chi connectivity index (χ0v) is 31.8. The van der Waals surface area contributed by atoms with Crippen LogP contribution in [0.25, 0.3) is 11.3 Å². The van der Waals surface area contributed by atoms with Crippen molar-refractivity contribution in [1.29, 1.82) is 0 Å². The van der Waals surface area contributed by atoms with Gasteiger partial charge in [0.05, 0.1) is 22.9 Å². The number of benzene rings is 3. The number of unbranched alkanes of at least 4 members (excludes halogenated alkanes) is 1. The van der Waals surface area contributed by atoms with Crippen LogP contribution in [-0.2, 0) is 14.4 Å². The standard InChI is InChI=1S/C43H43N9O6/c53-37-16-15-35(40(55)49-37)51-42(57)31-9-6-10-32(38(31)43(51)58)44-20-4-5-21-45-39(54)29-13-11-27(12-14-29)33-25-36(47-26-46-33)50-23-18-30(19-24-50)41(56)52-34(17-22-48-52)28-7-2-1-3-8-28/h1-3,6-14,22,25-26,30,34-35,44H,4-5,15-21,23-24H2,(H,45,54)(H,49,53,55). The summed E-state index contributed by atoms with van der Waals surface area (Å²) in [5.41, 5.74) is 4.12. The first kappa shape index (κ1) is 38.1. The number of anilines is 2. The molecule has 2 atom stereocenters. The highest BCUT2D eigenvalue weighted by Gasteiger charge is 2.45. The van der Waals surface area contributed by atoms with Crippen LogP contribution >= 0.6 is 0 Å². The van der Waals surface area contributed by atoms with Crippen molar-refractivity contribution in [3.63, 3.8) is 0 Å². The quantitative estimate of drug-likeness (QED) is 0.138. The van der Waals surface area contributed by atoms with Crippen LogP contribution in [0.5, 0.6) is 0 Å². The topological polar surface area (TPSA) is 186 Å². The summed E-state index contributed by atoms with van der Waals surface area (Å²) in [4.78, 5) is 89.0. The zero-order chi connectivity index (χ0) is 40.2. The van der Waals surface area contributed by atoms with Gasteiger partial charge in [0.2, 0.25) is 17.7 Å². The van der Waals surface area contributed by atoms with Gasteiger partial charge >= 0.3 is 0 Å². The maximum absolute atomic E-state index is 13.5. The van der Waals surface area contributed by atoms with E-state index in [0.29, 0.717) is 63.1 Å². The van der Waals surface area contributed by atoms with Crippen LogP contribution in [0.15, 0.2) is 90.3 Å². The van der Waals surface area contributed by atoms with Crippen molar-refractivity contribution in [2.24, 2.45) is 11.0 Å². The highest BCUT2D eigenvalue weighted by Crippen LogP contribution is 2.34. The van der Waals surface area contributed by atoms with Crippen molar-refractivity contribution in [2.45, 2.75) is 57.0 Å². The molecule has 2 fully saturated rings. The molecule has 4 aromatic rings. The maximum Gasteiger partial charge on any atom is 0.264 e. The van der Waals surface area contributed by atoms with Crippen molar-refractivity contribution in [3.05, 3.63) is 107 Å². The Morgan fingerprint density at radius 1 is 0.810 bits per heavy atom. The molecule has 6 amide bonds. The van der Waals surface area contributed by atoms with E-state index in [2.05, 4.69) is 35.9 Å². The number of nitrogens with zero attached hydrogens (tertiary/aromatic N) is 6. The number of amides is 6. The predicted molar refractivity (Wildman–Crippen MR) is 215 cm³/mol. The van der Waals surface area contributed by atoms with E-state index in [1.807, 2.05) is 54.7 Å². The van der Waals surface area contributed by atoms with Gasteiger partial charge in [0.15, 0.2) is 0 Å². The van der Waals surface area contributed by atoms with E-state index in [-0.39, 0.29) is 47.7 Å². The third-order valence-corrected chi connectivity index (χ3v) is 11.2. The lowest BCUT2D eigenvalue weighted by molar-refractivity contribution is -0.138. The lowest BCUT2D eigenvalue weighted by Crippen LogP contribution is -2.54. The van der Waals surface area contributed by atoms with E-state index >= 15 is 0 Å². The molecule has 4 aliphatic rings. The van der Waals surface area contributed by atoms with Gasteiger partial charge in [0, 0.05) is 74.0 Å². The number of fused-ring (bicyclic) bond motifs is 1. The van der Waals surface area contributed by atoms with Gasteiger partial charge < -0.3 is 15.5 Å². The first-order valence-electron chi connectivity index (χ1n) is 19.7. The number of aromatic nitrogens is 2. The molecule has 8 rings (SSSR count). The first-order valence-corrected chi connectivity index (χ1v) is 19.7. The van der Waals surface area contributed by atoms with Crippen LogP contribution in [-0.4, -0.2) is 93.8 Å². The Hall–Kier alpha value is -6.77. The normalized spacial score (nSPS) is 19.3. The number of hydrogen-bond acceptors (Lipinski definition) is 11. The van der Waals surface area contributed by atoms with Crippen LogP contribution < -0.4 is 20.9 Å². The summed E-state index contributed by atoms with van der Waals surface area (Å²) in [6, 6.07) is 23.1. The van der Waals surface area contributed by atoms with E-state index in [1.54, 1.807) is 41.7 Å². The summed E-state index contributed by atoms with van der Waals surface area (Å²) >= 11 is 0. The van der Waals surface area contributed by atoms with Gasteiger partial charge in [0.25, 0.3) is 17.7 Å². The van der Waals surface area contributed by atoms with Gasteiger partial charge in [-0.3, -0.25) is 39.0 Å². The Morgan fingerprint density at radius 3 is 2.36 bits per heavy atom. The van der Waals surface area contributed by atoms with Crippen LogP contribution in [0, 0.1) is 5.92 Å². The number of piperidine rings is 2. The lowest BCUT2D eigenvalue weighted by Gasteiger charge is -2.34. The van der Waals surface area contributed by atoms with E-state index in [1.165, 1.54) is 0 Å². The second-order valence-corrected chi connectivity index (χ2v) is 14.8. The number of imide groups is 2. The summed E-state index contributed by atoms with van der Waals surface area (Å²) in [6.07, 6.45) is 6.98. The number of rotatable bonds is 12.